The summed E-state index contributed by atoms with van der Waals surface area (Å²) in [4.78, 5) is 0. The van der Waals surface area contributed by atoms with Crippen LogP contribution >= 0.6 is 0 Å². The molecular formula is C8H13O. The molecule has 1 saturated heterocycles. The van der Waals surface area contributed by atoms with Crippen LogP contribution in [-0.2, 0) is 4.74 Å². The lowest BCUT2D eigenvalue weighted by Crippen LogP contribution is -1.88. The maximum Gasteiger partial charge on any atom is 0.0846 e. The van der Waals surface area contributed by atoms with Crippen molar-refractivity contribution in [1.82, 2.24) is 0 Å². The molecule has 0 saturated carbocycles. The maximum absolute atomic E-state index is 5.07. The van der Waals surface area contributed by atoms with Crippen LogP contribution in [0.15, 0.2) is 11.6 Å². The van der Waals surface area contributed by atoms with Gasteiger partial charge in [-0.3, -0.25) is 0 Å². The van der Waals surface area contributed by atoms with Gasteiger partial charge in [0.05, 0.1) is 12.7 Å². The van der Waals surface area contributed by atoms with E-state index in [1.165, 1.54) is 5.57 Å². The lowest BCUT2D eigenvalue weighted by Gasteiger charge is -1.97. The zero-order chi connectivity index (χ0) is 6.69. The van der Waals surface area contributed by atoms with E-state index in [2.05, 4.69) is 19.9 Å². The molecule has 1 rings (SSSR count). The minimum atomic E-state index is 0.526. The molecule has 0 spiro atoms. The zero-order valence-electron chi connectivity index (χ0n) is 5.89. The molecule has 1 heteroatoms. The van der Waals surface area contributed by atoms with E-state index in [0.717, 1.165) is 19.4 Å². The molecule has 1 nitrogen and oxygen atoms in total. The molecular weight excluding hydrogens is 112 g/mol. The maximum atomic E-state index is 5.07. The first-order valence-corrected chi connectivity index (χ1v) is 3.41. The minimum Gasteiger partial charge on any atom is -0.373 e. The number of allylic oxidation sites excluding steroid dienone is 1. The second kappa shape index (κ2) is 3.02. The van der Waals surface area contributed by atoms with E-state index in [1.54, 1.807) is 0 Å². The smallest absolute Gasteiger partial charge is 0.0846 e. The predicted molar refractivity (Wildman–Crippen MR) is 38.1 cm³/mol. The molecule has 0 bridgehead atoms. The van der Waals surface area contributed by atoms with Crippen LogP contribution in [0.25, 0.3) is 0 Å². The fraction of sp³-hybridized carbons (Fsp3) is 0.625. The van der Waals surface area contributed by atoms with Crippen molar-refractivity contribution in [3.63, 3.8) is 0 Å². The molecule has 51 valence electrons. The Bertz CT molecular complexity index is 112. The van der Waals surface area contributed by atoms with Gasteiger partial charge in [-0.2, -0.15) is 0 Å². The van der Waals surface area contributed by atoms with Crippen molar-refractivity contribution in [2.75, 3.05) is 6.61 Å². The fourth-order valence-corrected chi connectivity index (χ4v) is 0.843. The Balaban J connectivity index is 2.21. The van der Waals surface area contributed by atoms with Gasteiger partial charge in [0.2, 0.25) is 0 Å². The summed E-state index contributed by atoms with van der Waals surface area (Å²) in [5, 5.41) is 0. The number of ether oxygens (including phenoxy) is 1. The standard InChI is InChI=1S/C8H13O/c1-3-7(4-2)5-8-6-9-8/h4,8H,1,3,5-6H2,2H3. The summed E-state index contributed by atoms with van der Waals surface area (Å²) in [5.41, 5.74) is 1.41. The van der Waals surface area contributed by atoms with Gasteiger partial charge in [0.15, 0.2) is 0 Å². The van der Waals surface area contributed by atoms with Gasteiger partial charge < -0.3 is 4.74 Å². The average Bonchev–Trinajstić information content (AvgIpc) is 2.66. The van der Waals surface area contributed by atoms with Gasteiger partial charge in [0, 0.05) is 0 Å². The molecule has 9 heavy (non-hydrogen) atoms. The van der Waals surface area contributed by atoms with Crippen LogP contribution in [0.4, 0.5) is 0 Å². The van der Waals surface area contributed by atoms with Gasteiger partial charge in [0.1, 0.15) is 0 Å². The molecule has 0 aromatic rings. The van der Waals surface area contributed by atoms with Crippen molar-refractivity contribution in [3.8, 4) is 0 Å². The van der Waals surface area contributed by atoms with Crippen LogP contribution in [-0.4, -0.2) is 12.7 Å². The highest BCUT2D eigenvalue weighted by molar-refractivity contribution is 5.04. The molecule has 0 amide bonds. The lowest BCUT2D eigenvalue weighted by atomic mass is 10.1. The molecule has 0 N–H and O–H groups in total. The summed E-state index contributed by atoms with van der Waals surface area (Å²) in [6.45, 7) is 6.83. The monoisotopic (exact) mass is 125 g/mol. The van der Waals surface area contributed by atoms with Crippen molar-refractivity contribution in [1.29, 1.82) is 0 Å². The highest BCUT2D eigenvalue weighted by Gasteiger charge is 2.22. The van der Waals surface area contributed by atoms with E-state index in [4.69, 9.17) is 4.74 Å². The number of hydrogen-bond donors (Lipinski definition) is 0. The van der Waals surface area contributed by atoms with Crippen LogP contribution in [0.5, 0.6) is 0 Å². The van der Waals surface area contributed by atoms with Crippen molar-refractivity contribution >= 4 is 0 Å². The third-order valence-corrected chi connectivity index (χ3v) is 1.62. The Hall–Kier alpha value is -0.300. The number of rotatable bonds is 3. The highest BCUT2D eigenvalue weighted by atomic mass is 16.6. The van der Waals surface area contributed by atoms with E-state index >= 15 is 0 Å². The first-order chi connectivity index (χ1) is 4.36. The van der Waals surface area contributed by atoms with Crippen LogP contribution < -0.4 is 0 Å². The quantitative estimate of drug-likeness (QED) is 0.415. The Morgan fingerprint density at radius 1 is 1.89 bits per heavy atom. The van der Waals surface area contributed by atoms with E-state index in [9.17, 15) is 0 Å². The Morgan fingerprint density at radius 2 is 2.56 bits per heavy atom. The molecule has 1 aliphatic heterocycles. The molecule has 1 atom stereocenters. The second-order valence-corrected chi connectivity index (χ2v) is 2.36. The Morgan fingerprint density at radius 3 is 2.89 bits per heavy atom. The molecule has 1 radical (unpaired) electrons. The highest BCUT2D eigenvalue weighted by Crippen LogP contribution is 2.20. The third-order valence-electron chi connectivity index (χ3n) is 1.62. The van der Waals surface area contributed by atoms with Gasteiger partial charge in [-0.25, -0.2) is 0 Å². The Kier molecular flexibility index (Phi) is 2.29. The van der Waals surface area contributed by atoms with E-state index < -0.39 is 0 Å². The SMILES string of the molecule is [CH2]CC(=CC)CC1CO1. The van der Waals surface area contributed by atoms with E-state index in [-0.39, 0.29) is 0 Å². The van der Waals surface area contributed by atoms with E-state index in [0.29, 0.717) is 6.10 Å². The topological polar surface area (TPSA) is 12.5 Å². The van der Waals surface area contributed by atoms with Crippen molar-refractivity contribution in [2.24, 2.45) is 0 Å². The van der Waals surface area contributed by atoms with Crippen LogP contribution in [0.1, 0.15) is 19.8 Å². The van der Waals surface area contributed by atoms with Crippen molar-refractivity contribution in [2.45, 2.75) is 25.9 Å². The summed E-state index contributed by atoms with van der Waals surface area (Å²) >= 11 is 0. The third kappa shape index (κ3) is 2.19. The summed E-state index contributed by atoms with van der Waals surface area (Å²) in [6, 6.07) is 0. The second-order valence-electron chi connectivity index (χ2n) is 2.36. The molecule has 0 aliphatic carbocycles. The largest absolute Gasteiger partial charge is 0.373 e. The Labute approximate surface area is 56.7 Å². The van der Waals surface area contributed by atoms with Crippen LogP contribution in [0, 0.1) is 6.92 Å². The molecule has 1 aliphatic rings. The molecule has 1 unspecified atom stereocenters. The molecule has 1 fully saturated rings. The normalized spacial score (nSPS) is 26.4. The average molecular weight is 125 g/mol. The minimum absolute atomic E-state index is 0.526. The summed E-state index contributed by atoms with van der Waals surface area (Å²) in [6.07, 6.45) is 4.68. The van der Waals surface area contributed by atoms with Crippen molar-refractivity contribution in [3.05, 3.63) is 18.6 Å². The van der Waals surface area contributed by atoms with Crippen LogP contribution in [0.2, 0.25) is 0 Å². The summed E-state index contributed by atoms with van der Waals surface area (Å²) < 4.78 is 5.07. The van der Waals surface area contributed by atoms with E-state index in [1.807, 2.05) is 0 Å². The first-order valence-electron chi connectivity index (χ1n) is 3.41. The molecule has 0 aromatic heterocycles. The molecule has 1 heterocycles. The lowest BCUT2D eigenvalue weighted by molar-refractivity contribution is 0.406. The fourth-order valence-electron chi connectivity index (χ4n) is 0.843. The predicted octanol–water partition coefficient (Wildman–Crippen LogP) is 1.95. The first kappa shape index (κ1) is 6.81. The van der Waals surface area contributed by atoms with Gasteiger partial charge in [-0.1, -0.05) is 11.6 Å². The van der Waals surface area contributed by atoms with Crippen LogP contribution in [0.3, 0.4) is 0 Å². The van der Waals surface area contributed by atoms with Gasteiger partial charge >= 0.3 is 0 Å². The molecule has 0 aromatic carbocycles. The van der Waals surface area contributed by atoms with Gasteiger partial charge in [-0.05, 0) is 26.7 Å². The van der Waals surface area contributed by atoms with Gasteiger partial charge in [0.25, 0.3) is 0 Å². The van der Waals surface area contributed by atoms with Gasteiger partial charge in [-0.15, -0.1) is 0 Å². The zero-order valence-corrected chi connectivity index (χ0v) is 5.89. The summed E-state index contributed by atoms with van der Waals surface area (Å²) in [7, 11) is 0. The van der Waals surface area contributed by atoms with Crippen molar-refractivity contribution < 1.29 is 4.74 Å². The number of hydrogen-bond acceptors (Lipinski definition) is 1. The summed E-state index contributed by atoms with van der Waals surface area (Å²) in [5.74, 6) is 0. The number of epoxide rings is 1.